The molecule has 1 rings (SSSR count). The lowest BCUT2D eigenvalue weighted by Crippen LogP contribution is -2.35. The number of benzene rings is 1. The minimum atomic E-state index is -4.75. The molecule has 1 aromatic rings. The molecular weight excluding hydrogens is 275 g/mol. The summed E-state index contributed by atoms with van der Waals surface area (Å²) in [5, 5.41) is 11.0. The number of hydrogen-bond donors (Lipinski definition) is 1. The number of amides is 2. The molecule has 20 heavy (non-hydrogen) atoms. The first-order chi connectivity index (χ1) is 9.35. The van der Waals surface area contributed by atoms with Crippen LogP contribution in [0.15, 0.2) is 24.3 Å². The molecule has 108 valence electrons. The molecule has 0 aromatic heterocycles. The lowest BCUT2D eigenvalue weighted by atomic mass is 10.3. The minimum absolute atomic E-state index is 0.0718. The first kappa shape index (κ1) is 15.6. The van der Waals surface area contributed by atoms with E-state index in [4.69, 9.17) is 5.26 Å². The summed E-state index contributed by atoms with van der Waals surface area (Å²) in [5.41, 5.74) is 0.306. The fourth-order valence-corrected chi connectivity index (χ4v) is 1.36. The Morgan fingerprint density at radius 2 is 2.00 bits per heavy atom. The number of urea groups is 1. The zero-order valence-electron chi connectivity index (χ0n) is 10.6. The Labute approximate surface area is 113 Å². The van der Waals surface area contributed by atoms with Gasteiger partial charge in [-0.3, -0.25) is 0 Å². The molecular formula is C12H12F3N3O2. The van der Waals surface area contributed by atoms with Crippen LogP contribution in [0.1, 0.15) is 6.92 Å². The van der Waals surface area contributed by atoms with Gasteiger partial charge in [0.2, 0.25) is 0 Å². The number of halogens is 3. The number of carbonyl (C=O) groups is 1. The van der Waals surface area contributed by atoms with Crippen molar-refractivity contribution in [3.05, 3.63) is 24.3 Å². The predicted octanol–water partition coefficient (Wildman–Crippen LogP) is 2.96. The third kappa shape index (κ3) is 5.06. The van der Waals surface area contributed by atoms with Crippen molar-refractivity contribution in [1.82, 2.24) is 4.90 Å². The predicted molar refractivity (Wildman–Crippen MR) is 65.0 cm³/mol. The van der Waals surface area contributed by atoms with E-state index < -0.39 is 12.4 Å². The first-order valence-corrected chi connectivity index (χ1v) is 5.64. The van der Waals surface area contributed by atoms with Crippen molar-refractivity contribution < 1.29 is 22.7 Å². The summed E-state index contributed by atoms with van der Waals surface area (Å²) in [4.78, 5) is 12.9. The average molecular weight is 287 g/mol. The molecule has 0 bridgehead atoms. The van der Waals surface area contributed by atoms with Crippen LogP contribution in [0, 0.1) is 11.3 Å². The Kier molecular flexibility index (Phi) is 5.20. The van der Waals surface area contributed by atoms with Crippen molar-refractivity contribution in [1.29, 1.82) is 5.26 Å². The summed E-state index contributed by atoms with van der Waals surface area (Å²) >= 11 is 0. The van der Waals surface area contributed by atoms with Crippen molar-refractivity contribution in [3.8, 4) is 11.8 Å². The molecule has 0 spiro atoms. The van der Waals surface area contributed by atoms with Crippen molar-refractivity contribution in [2.45, 2.75) is 13.3 Å². The smallest absolute Gasteiger partial charge is 0.406 e. The standard InChI is InChI=1S/C12H12F3N3O2/c1-2-18(8-7-16)11(19)17-9-3-5-10(6-4-9)20-12(13,14)15/h3-6H,2,8H2,1H3,(H,17,19). The van der Waals surface area contributed by atoms with E-state index in [9.17, 15) is 18.0 Å². The molecule has 0 aliphatic heterocycles. The van der Waals surface area contributed by atoms with Gasteiger partial charge in [-0.2, -0.15) is 5.26 Å². The highest BCUT2D eigenvalue weighted by Gasteiger charge is 2.30. The summed E-state index contributed by atoms with van der Waals surface area (Å²) in [6, 6.07) is 6.07. The van der Waals surface area contributed by atoms with Crippen LogP contribution in [0.2, 0.25) is 0 Å². The van der Waals surface area contributed by atoms with Crippen LogP contribution < -0.4 is 10.1 Å². The van der Waals surface area contributed by atoms with Crippen molar-refractivity contribution in [2.24, 2.45) is 0 Å². The molecule has 0 aliphatic rings. The van der Waals surface area contributed by atoms with E-state index in [-0.39, 0.29) is 12.3 Å². The molecule has 0 aliphatic carbocycles. The summed E-state index contributed by atoms with van der Waals surface area (Å²) in [5.74, 6) is -0.375. The maximum atomic E-state index is 12.0. The van der Waals surface area contributed by atoms with Gasteiger partial charge in [0.05, 0.1) is 6.07 Å². The number of anilines is 1. The van der Waals surface area contributed by atoms with Gasteiger partial charge >= 0.3 is 12.4 Å². The van der Waals surface area contributed by atoms with E-state index in [0.29, 0.717) is 12.2 Å². The van der Waals surface area contributed by atoms with E-state index in [2.05, 4.69) is 10.1 Å². The molecule has 0 saturated carbocycles. The second kappa shape index (κ2) is 6.65. The highest BCUT2D eigenvalue weighted by atomic mass is 19.4. The molecule has 0 radical (unpaired) electrons. The number of rotatable bonds is 4. The van der Waals surface area contributed by atoms with Gasteiger partial charge in [-0.25, -0.2) is 4.79 Å². The Balaban J connectivity index is 2.66. The Hall–Kier alpha value is -2.43. The lowest BCUT2D eigenvalue weighted by Gasteiger charge is -2.18. The van der Waals surface area contributed by atoms with Crippen molar-refractivity contribution >= 4 is 11.7 Å². The fourth-order valence-electron chi connectivity index (χ4n) is 1.36. The van der Waals surface area contributed by atoms with Crippen LogP contribution in [0.5, 0.6) is 5.75 Å². The number of ether oxygens (including phenoxy) is 1. The zero-order valence-corrected chi connectivity index (χ0v) is 10.6. The average Bonchev–Trinajstić information content (AvgIpc) is 2.36. The number of nitrogens with zero attached hydrogens (tertiary/aromatic N) is 2. The van der Waals surface area contributed by atoms with Gasteiger partial charge in [0, 0.05) is 12.2 Å². The number of nitriles is 1. The van der Waals surface area contributed by atoms with E-state index in [1.54, 1.807) is 6.92 Å². The molecule has 0 fully saturated rings. The molecule has 5 nitrogen and oxygen atoms in total. The summed E-state index contributed by atoms with van der Waals surface area (Å²) in [6.07, 6.45) is -4.75. The summed E-state index contributed by atoms with van der Waals surface area (Å²) in [7, 11) is 0. The maximum Gasteiger partial charge on any atom is 0.573 e. The third-order valence-corrected chi connectivity index (χ3v) is 2.27. The van der Waals surface area contributed by atoms with Crippen LogP contribution in [-0.4, -0.2) is 30.4 Å². The molecule has 0 unspecified atom stereocenters. The summed E-state index contributed by atoms with van der Waals surface area (Å²) in [6.45, 7) is 1.98. The Morgan fingerprint density at radius 3 is 2.45 bits per heavy atom. The van der Waals surface area contributed by atoms with Crippen LogP contribution >= 0.6 is 0 Å². The fraction of sp³-hybridized carbons (Fsp3) is 0.333. The van der Waals surface area contributed by atoms with Gasteiger partial charge in [0.15, 0.2) is 0 Å². The SMILES string of the molecule is CCN(CC#N)C(=O)Nc1ccc(OC(F)(F)F)cc1. The largest absolute Gasteiger partial charge is 0.573 e. The number of nitrogens with one attached hydrogen (secondary N) is 1. The van der Waals surface area contributed by atoms with Gasteiger partial charge in [-0.15, -0.1) is 13.2 Å². The van der Waals surface area contributed by atoms with Gasteiger partial charge in [0.1, 0.15) is 12.3 Å². The number of carbonyl (C=O) groups excluding carboxylic acids is 1. The third-order valence-electron chi connectivity index (χ3n) is 2.27. The Morgan fingerprint density at radius 1 is 1.40 bits per heavy atom. The van der Waals surface area contributed by atoms with Crippen molar-refractivity contribution in [3.63, 3.8) is 0 Å². The highest BCUT2D eigenvalue weighted by Crippen LogP contribution is 2.23. The normalized spacial score (nSPS) is 10.6. The van der Waals surface area contributed by atoms with E-state index >= 15 is 0 Å². The van der Waals surface area contributed by atoms with E-state index in [1.165, 1.54) is 17.0 Å². The first-order valence-electron chi connectivity index (χ1n) is 5.64. The molecule has 2 amide bonds. The number of alkyl halides is 3. The number of hydrogen-bond acceptors (Lipinski definition) is 3. The van der Waals surface area contributed by atoms with Crippen LogP contribution in [0.4, 0.5) is 23.7 Å². The topological polar surface area (TPSA) is 65.4 Å². The van der Waals surface area contributed by atoms with Gasteiger partial charge in [-0.05, 0) is 31.2 Å². The molecule has 8 heteroatoms. The molecule has 0 atom stereocenters. The Bertz CT molecular complexity index is 494. The van der Waals surface area contributed by atoms with Crippen LogP contribution in [0.25, 0.3) is 0 Å². The van der Waals surface area contributed by atoms with E-state index in [1.807, 2.05) is 6.07 Å². The molecule has 0 saturated heterocycles. The molecule has 1 aromatic carbocycles. The second-order valence-corrected chi connectivity index (χ2v) is 3.67. The monoisotopic (exact) mass is 287 g/mol. The van der Waals surface area contributed by atoms with Crippen molar-refractivity contribution in [2.75, 3.05) is 18.4 Å². The quantitative estimate of drug-likeness (QED) is 0.866. The van der Waals surface area contributed by atoms with Gasteiger partial charge < -0.3 is 15.0 Å². The van der Waals surface area contributed by atoms with Gasteiger partial charge in [0.25, 0.3) is 0 Å². The second-order valence-electron chi connectivity index (χ2n) is 3.67. The minimum Gasteiger partial charge on any atom is -0.406 e. The lowest BCUT2D eigenvalue weighted by molar-refractivity contribution is -0.274. The molecule has 1 N–H and O–H groups in total. The summed E-state index contributed by atoms with van der Waals surface area (Å²) < 4.78 is 39.6. The molecule has 0 heterocycles. The highest BCUT2D eigenvalue weighted by molar-refractivity contribution is 5.89. The van der Waals surface area contributed by atoms with E-state index in [0.717, 1.165) is 12.1 Å². The zero-order chi connectivity index (χ0) is 15.2. The maximum absolute atomic E-state index is 12.0. The van der Waals surface area contributed by atoms with Crippen LogP contribution in [0.3, 0.4) is 0 Å². The van der Waals surface area contributed by atoms with Crippen LogP contribution in [-0.2, 0) is 0 Å². The van der Waals surface area contributed by atoms with Gasteiger partial charge in [-0.1, -0.05) is 0 Å².